The lowest BCUT2D eigenvalue weighted by Gasteiger charge is -2.11. The highest BCUT2D eigenvalue weighted by Gasteiger charge is 2.14. The molecule has 3 rings (SSSR count). The minimum absolute atomic E-state index is 0.553. The third-order valence-electron chi connectivity index (χ3n) is 2.96. The minimum atomic E-state index is 0.553. The zero-order valence-electron chi connectivity index (χ0n) is 8.94. The third kappa shape index (κ3) is 1.74. The first kappa shape index (κ1) is 9.59. The van der Waals surface area contributed by atoms with Gasteiger partial charge in [0.2, 0.25) is 0 Å². The number of anilines is 1. The van der Waals surface area contributed by atoms with Crippen LogP contribution in [0.15, 0.2) is 23.0 Å². The van der Waals surface area contributed by atoms with Crippen LogP contribution in [0.2, 0.25) is 0 Å². The van der Waals surface area contributed by atoms with Gasteiger partial charge in [0.15, 0.2) is 5.58 Å². The van der Waals surface area contributed by atoms with Crippen LogP contribution in [-0.4, -0.2) is 29.3 Å². The van der Waals surface area contributed by atoms with Crippen LogP contribution in [0.4, 0.5) is 5.82 Å². The summed E-state index contributed by atoms with van der Waals surface area (Å²) < 4.78 is 5.08. The topological polar surface area (TPSA) is 63.0 Å². The van der Waals surface area contributed by atoms with Crippen LogP contribution >= 0.6 is 0 Å². The quantitative estimate of drug-likeness (QED) is 0.815. The molecule has 2 aromatic heterocycles. The van der Waals surface area contributed by atoms with Gasteiger partial charge in [-0.1, -0.05) is 5.16 Å². The van der Waals surface area contributed by atoms with Gasteiger partial charge in [0, 0.05) is 24.8 Å². The molecule has 0 aliphatic carbocycles. The van der Waals surface area contributed by atoms with E-state index in [1.807, 2.05) is 6.07 Å². The Hall–Kier alpha value is -1.62. The monoisotopic (exact) mass is 218 g/mol. The molecular formula is C11H14N4O. The number of aromatic nitrogens is 2. The van der Waals surface area contributed by atoms with Crippen LogP contribution in [0.1, 0.15) is 12.8 Å². The van der Waals surface area contributed by atoms with Crippen LogP contribution in [0.25, 0.3) is 11.0 Å². The lowest BCUT2D eigenvalue weighted by atomic mass is 10.2. The summed E-state index contributed by atoms with van der Waals surface area (Å²) in [4.78, 5) is 4.30. The molecule has 0 saturated carbocycles. The second kappa shape index (κ2) is 4.09. The van der Waals surface area contributed by atoms with Crippen molar-refractivity contribution in [2.45, 2.75) is 18.9 Å². The van der Waals surface area contributed by atoms with Crippen molar-refractivity contribution in [3.63, 3.8) is 0 Å². The second-order valence-corrected chi connectivity index (χ2v) is 4.07. The van der Waals surface area contributed by atoms with Gasteiger partial charge in [-0.05, 0) is 19.4 Å². The van der Waals surface area contributed by atoms with Gasteiger partial charge >= 0.3 is 0 Å². The molecule has 0 bridgehead atoms. The van der Waals surface area contributed by atoms with Crippen LogP contribution in [0.5, 0.6) is 0 Å². The van der Waals surface area contributed by atoms with E-state index in [9.17, 15) is 0 Å². The molecule has 1 aliphatic rings. The van der Waals surface area contributed by atoms with Gasteiger partial charge in [-0.25, -0.2) is 4.98 Å². The van der Waals surface area contributed by atoms with E-state index in [4.69, 9.17) is 4.52 Å². The first-order chi connectivity index (χ1) is 7.93. The van der Waals surface area contributed by atoms with E-state index in [1.54, 1.807) is 12.4 Å². The maximum atomic E-state index is 5.08. The standard InChI is InChI=1S/C11H14N4O/c1-2-8(12-4-1)6-14-11-9-7-15-16-10(9)3-5-13-11/h3,5,7-8,12H,1-2,4,6H2,(H,13,14). The van der Waals surface area contributed by atoms with Crippen LogP contribution in [0, 0.1) is 0 Å². The SMILES string of the molecule is c1cc2oncc2c(NCC2CCCN2)n1. The highest BCUT2D eigenvalue weighted by atomic mass is 16.5. The molecule has 3 heterocycles. The summed E-state index contributed by atoms with van der Waals surface area (Å²) in [5, 5.41) is 11.5. The van der Waals surface area contributed by atoms with Crippen LogP contribution < -0.4 is 10.6 Å². The summed E-state index contributed by atoms with van der Waals surface area (Å²) in [5.74, 6) is 0.854. The molecule has 0 aromatic carbocycles. The molecular weight excluding hydrogens is 204 g/mol. The molecule has 1 atom stereocenters. The summed E-state index contributed by atoms with van der Waals surface area (Å²) in [6, 6.07) is 2.37. The summed E-state index contributed by atoms with van der Waals surface area (Å²) in [7, 11) is 0. The first-order valence-electron chi connectivity index (χ1n) is 5.60. The zero-order valence-corrected chi connectivity index (χ0v) is 8.94. The van der Waals surface area contributed by atoms with Gasteiger partial charge in [-0.15, -0.1) is 0 Å². The first-order valence-corrected chi connectivity index (χ1v) is 5.60. The maximum Gasteiger partial charge on any atom is 0.172 e. The minimum Gasteiger partial charge on any atom is -0.368 e. The normalized spacial score (nSPS) is 20.4. The number of hydrogen-bond donors (Lipinski definition) is 2. The molecule has 1 fully saturated rings. The Morgan fingerprint density at radius 1 is 1.56 bits per heavy atom. The lowest BCUT2D eigenvalue weighted by molar-refractivity contribution is 0.456. The Kier molecular flexibility index (Phi) is 2.46. The second-order valence-electron chi connectivity index (χ2n) is 4.07. The summed E-state index contributed by atoms with van der Waals surface area (Å²) >= 11 is 0. The molecule has 16 heavy (non-hydrogen) atoms. The van der Waals surface area contributed by atoms with Gasteiger partial charge < -0.3 is 15.2 Å². The van der Waals surface area contributed by atoms with Crippen molar-refractivity contribution in [2.24, 2.45) is 0 Å². The molecule has 0 amide bonds. The van der Waals surface area contributed by atoms with E-state index in [0.717, 1.165) is 29.9 Å². The molecule has 5 heteroatoms. The van der Waals surface area contributed by atoms with Gasteiger partial charge in [0.25, 0.3) is 0 Å². The smallest absolute Gasteiger partial charge is 0.172 e. The summed E-state index contributed by atoms with van der Waals surface area (Å²) in [6.45, 7) is 2.02. The predicted molar refractivity (Wildman–Crippen MR) is 61.3 cm³/mol. The molecule has 0 spiro atoms. The van der Waals surface area contributed by atoms with Gasteiger partial charge in [-0.3, -0.25) is 0 Å². The Bertz CT molecular complexity index is 476. The summed E-state index contributed by atoms with van der Waals surface area (Å²) in [6.07, 6.45) is 5.93. The van der Waals surface area contributed by atoms with E-state index >= 15 is 0 Å². The molecule has 2 N–H and O–H groups in total. The van der Waals surface area contributed by atoms with Crippen LogP contribution in [0.3, 0.4) is 0 Å². The van der Waals surface area contributed by atoms with E-state index in [2.05, 4.69) is 20.8 Å². The fourth-order valence-electron chi connectivity index (χ4n) is 2.09. The van der Waals surface area contributed by atoms with E-state index < -0.39 is 0 Å². The Morgan fingerprint density at radius 2 is 2.56 bits per heavy atom. The number of pyridine rings is 1. The number of nitrogens with one attached hydrogen (secondary N) is 2. The molecule has 84 valence electrons. The fourth-order valence-corrected chi connectivity index (χ4v) is 2.09. The van der Waals surface area contributed by atoms with Gasteiger partial charge in [-0.2, -0.15) is 0 Å². The van der Waals surface area contributed by atoms with Crippen LogP contribution in [-0.2, 0) is 0 Å². The largest absolute Gasteiger partial charge is 0.368 e. The lowest BCUT2D eigenvalue weighted by Crippen LogP contribution is -2.29. The average Bonchev–Trinajstić information content (AvgIpc) is 2.97. The molecule has 1 saturated heterocycles. The molecule has 0 radical (unpaired) electrons. The average molecular weight is 218 g/mol. The van der Waals surface area contributed by atoms with Crippen molar-refractivity contribution in [3.05, 3.63) is 18.5 Å². The number of fused-ring (bicyclic) bond motifs is 1. The molecule has 5 nitrogen and oxygen atoms in total. The van der Waals surface area contributed by atoms with E-state index in [0.29, 0.717) is 6.04 Å². The van der Waals surface area contributed by atoms with Crippen molar-refractivity contribution < 1.29 is 4.52 Å². The molecule has 1 unspecified atom stereocenters. The van der Waals surface area contributed by atoms with Crippen molar-refractivity contribution in [2.75, 3.05) is 18.4 Å². The number of rotatable bonds is 3. The highest BCUT2D eigenvalue weighted by molar-refractivity contribution is 5.86. The third-order valence-corrected chi connectivity index (χ3v) is 2.96. The van der Waals surface area contributed by atoms with Gasteiger partial charge in [0.05, 0.1) is 11.6 Å². The van der Waals surface area contributed by atoms with Crippen molar-refractivity contribution in [1.82, 2.24) is 15.5 Å². The van der Waals surface area contributed by atoms with E-state index in [1.165, 1.54) is 12.8 Å². The van der Waals surface area contributed by atoms with Gasteiger partial charge in [0.1, 0.15) is 5.82 Å². The fraction of sp³-hybridized carbons (Fsp3) is 0.455. The molecule has 2 aromatic rings. The number of hydrogen-bond acceptors (Lipinski definition) is 5. The van der Waals surface area contributed by atoms with Crippen molar-refractivity contribution in [1.29, 1.82) is 0 Å². The Morgan fingerprint density at radius 3 is 3.44 bits per heavy atom. The molecule has 1 aliphatic heterocycles. The Labute approximate surface area is 93.2 Å². The zero-order chi connectivity index (χ0) is 10.8. The maximum absolute atomic E-state index is 5.08. The van der Waals surface area contributed by atoms with Crippen molar-refractivity contribution >= 4 is 16.8 Å². The Balaban J connectivity index is 1.75. The predicted octanol–water partition coefficient (Wildman–Crippen LogP) is 1.39. The highest BCUT2D eigenvalue weighted by Crippen LogP contribution is 2.20. The summed E-state index contributed by atoms with van der Waals surface area (Å²) in [5.41, 5.74) is 0.775. The number of nitrogens with zero attached hydrogens (tertiary/aromatic N) is 2. The van der Waals surface area contributed by atoms with E-state index in [-0.39, 0.29) is 0 Å². The van der Waals surface area contributed by atoms with Crippen molar-refractivity contribution in [3.8, 4) is 0 Å².